The van der Waals surface area contributed by atoms with Crippen LogP contribution in [0.3, 0.4) is 0 Å². The van der Waals surface area contributed by atoms with Gasteiger partial charge in [0, 0.05) is 32.2 Å². The van der Waals surface area contributed by atoms with Gasteiger partial charge in [-0.3, -0.25) is 0 Å². The number of allylic oxidation sites excluding steroid dienone is 3. The van der Waals surface area contributed by atoms with Gasteiger partial charge in [0.1, 0.15) is 0 Å². The van der Waals surface area contributed by atoms with Crippen LogP contribution in [0.25, 0.3) is 0 Å². The number of hydrogen-bond acceptors (Lipinski definition) is 3. The van der Waals surface area contributed by atoms with Crippen LogP contribution < -0.4 is 0 Å². The SMILES string of the molecule is CCCCCCCC/C=C\CCCCCCCCCCC(Cn1ccnc1)OCCCCO[C@H]1CC[C@@]2(C)C(=CCC3C4CCC(C(C)CCCC(C)C)C4(C)CCC32)C1. The summed E-state index contributed by atoms with van der Waals surface area (Å²) in [5.74, 6) is 5.44. The van der Waals surface area contributed by atoms with Crippen molar-refractivity contribution >= 4 is 0 Å². The van der Waals surface area contributed by atoms with E-state index in [9.17, 15) is 0 Å². The van der Waals surface area contributed by atoms with Crippen molar-refractivity contribution in [3.63, 3.8) is 0 Å². The molecule has 0 spiro atoms. The lowest BCUT2D eigenvalue weighted by atomic mass is 9.47. The normalized spacial score (nSPS) is 28.8. The summed E-state index contributed by atoms with van der Waals surface area (Å²) in [5.41, 5.74) is 2.75. The molecule has 0 aromatic carbocycles. The summed E-state index contributed by atoms with van der Waals surface area (Å²) in [5, 5.41) is 0. The maximum Gasteiger partial charge on any atom is 0.0946 e. The molecule has 60 heavy (non-hydrogen) atoms. The summed E-state index contributed by atoms with van der Waals surface area (Å²) in [6, 6.07) is 0. The average Bonchev–Trinajstić information content (AvgIpc) is 3.88. The van der Waals surface area contributed by atoms with Gasteiger partial charge in [0.05, 0.1) is 18.5 Å². The molecular weight excluding hydrogens is 733 g/mol. The van der Waals surface area contributed by atoms with Gasteiger partial charge in [-0.25, -0.2) is 4.98 Å². The van der Waals surface area contributed by atoms with Gasteiger partial charge in [-0.1, -0.05) is 162 Å². The van der Waals surface area contributed by atoms with Gasteiger partial charge in [0.15, 0.2) is 0 Å². The first-order valence-electron chi connectivity index (χ1n) is 26.8. The Bertz CT molecular complexity index is 1320. The zero-order chi connectivity index (χ0) is 42.5. The fourth-order valence-electron chi connectivity index (χ4n) is 13.3. The first-order chi connectivity index (χ1) is 29.2. The number of hydrogen-bond donors (Lipinski definition) is 0. The van der Waals surface area contributed by atoms with Crippen molar-refractivity contribution in [3.05, 3.63) is 42.5 Å². The number of imidazole rings is 1. The van der Waals surface area contributed by atoms with Crippen molar-refractivity contribution < 1.29 is 9.47 Å². The maximum absolute atomic E-state index is 6.64. The zero-order valence-corrected chi connectivity index (χ0v) is 40.6. The fourth-order valence-corrected chi connectivity index (χ4v) is 13.3. The lowest BCUT2D eigenvalue weighted by Gasteiger charge is -2.58. The Kier molecular flexibility index (Phi) is 22.4. The zero-order valence-electron chi connectivity index (χ0n) is 40.6. The third-order valence-electron chi connectivity index (χ3n) is 17.0. The Labute approximate surface area is 372 Å². The van der Waals surface area contributed by atoms with Crippen LogP contribution in [-0.2, 0) is 16.0 Å². The van der Waals surface area contributed by atoms with Crippen LogP contribution in [0.1, 0.15) is 234 Å². The third-order valence-corrected chi connectivity index (χ3v) is 17.0. The summed E-state index contributed by atoms with van der Waals surface area (Å²) in [7, 11) is 0. The van der Waals surface area contributed by atoms with Crippen LogP contribution >= 0.6 is 0 Å². The quantitative estimate of drug-likeness (QED) is 0.0536. The second-order valence-corrected chi connectivity index (χ2v) is 21.9. The Hall–Kier alpha value is -1.39. The average molecular weight is 831 g/mol. The van der Waals surface area contributed by atoms with Gasteiger partial charge in [0.2, 0.25) is 0 Å². The summed E-state index contributed by atoms with van der Waals surface area (Å²) in [6.07, 6.45) is 54.7. The summed E-state index contributed by atoms with van der Waals surface area (Å²) < 4.78 is 15.4. The number of rotatable bonds is 32. The van der Waals surface area contributed by atoms with E-state index >= 15 is 0 Å². The second kappa shape index (κ2) is 27.1. The highest BCUT2D eigenvalue weighted by Gasteiger charge is 2.59. The van der Waals surface area contributed by atoms with Gasteiger partial charge in [0.25, 0.3) is 0 Å². The molecule has 0 radical (unpaired) electrons. The number of fused-ring (bicyclic) bond motifs is 5. The minimum atomic E-state index is 0.276. The van der Waals surface area contributed by atoms with Crippen LogP contribution in [0.4, 0.5) is 0 Å². The van der Waals surface area contributed by atoms with Crippen LogP contribution in [0, 0.1) is 46.3 Å². The predicted molar refractivity (Wildman–Crippen MR) is 257 cm³/mol. The van der Waals surface area contributed by atoms with Crippen molar-refractivity contribution in [2.24, 2.45) is 46.3 Å². The van der Waals surface area contributed by atoms with Gasteiger partial charge in [-0.2, -0.15) is 0 Å². The molecule has 0 aliphatic heterocycles. The minimum absolute atomic E-state index is 0.276. The van der Waals surface area contributed by atoms with Crippen LogP contribution in [0.15, 0.2) is 42.5 Å². The van der Waals surface area contributed by atoms with Crippen molar-refractivity contribution in [1.82, 2.24) is 9.55 Å². The largest absolute Gasteiger partial charge is 0.378 e. The molecule has 3 saturated carbocycles. The smallest absolute Gasteiger partial charge is 0.0946 e. The van der Waals surface area contributed by atoms with Crippen molar-refractivity contribution in [1.29, 1.82) is 0 Å². The fraction of sp³-hybridized carbons (Fsp3) is 0.875. The first-order valence-corrected chi connectivity index (χ1v) is 26.8. The summed E-state index contributed by atoms with van der Waals surface area (Å²) in [4.78, 5) is 4.29. The van der Waals surface area contributed by atoms with E-state index in [4.69, 9.17) is 9.47 Å². The molecule has 0 saturated heterocycles. The van der Waals surface area contributed by atoms with E-state index in [1.54, 1.807) is 5.57 Å². The molecule has 7 unspecified atom stereocenters. The highest BCUT2D eigenvalue weighted by molar-refractivity contribution is 5.25. The third kappa shape index (κ3) is 15.4. The maximum atomic E-state index is 6.64. The molecule has 4 aliphatic carbocycles. The van der Waals surface area contributed by atoms with E-state index in [0.717, 1.165) is 74.5 Å². The van der Waals surface area contributed by atoms with Crippen molar-refractivity contribution in [2.45, 2.75) is 253 Å². The molecule has 5 rings (SSSR count). The number of aromatic nitrogens is 2. The van der Waals surface area contributed by atoms with Gasteiger partial charge in [-0.15, -0.1) is 0 Å². The molecule has 4 nitrogen and oxygen atoms in total. The van der Waals surface area contributed by atoms with E-state index in [0.29, 0.717) is 16.9 Å². The van der Waals surface area contributed by atoms with E-state index in [1.165, 1.54) is 173 Å². The van der Waals surface area contributed by atoms with Gasteiger partial charge in [-0.05, 0) is 143 Å². The van der Waals surface area contributed by atoms with Crippen LogP contribution in [-0.4, -0.2) is 35.0 Å². The predicted octanol–water partition coefficient (Wildman–Crippen LogP) is 16.7. The van der Waals surface area contributed by atoms with Crippen molar-refractivity contribution in [2.75, 3.05) is 13.2 Å². The molecule has 1 aromatic heterocycles. The Balaban J connectivity index is 0.916. The summed E-state index contributed by atoms with van der Waals surface area (Å²) in [6.45, 7) is 17.7. The minimum Gasteiger partial charge on any atom is -0.378 e. The van der Waals surface area contributed by atoms with E-state index in [-0.39, 0.29) is 6.10 Å². The molecule has 9 atom stereocenters. The van der Waals surface area contributed by atoms with E-state index in [1.807, 2.05) is 12.5 Å². The van der Waals surface area contributed by atoms with Gasteiger partial charge < -0.3 is 14.0 Å². The highest BCUT2D eigenvalue weighted by atomic mass is 16.5. The molecule has 4 aliphatic rings. The number of nitrogens with zero attached hydrogens (tertiary/aromatic N) is 2. The lowest BCUT2D eigenvalue weighted by molar-refractivity contribution is -0.0644. The molecular formula is C56H98N2O2. The molecule has 0 amide bonds. The Morgan fingerprint density at radius 3 is 2.13 bits per heavy atom. The molecule has 1 heterocycles. The molecule has 4 heteroatoms. The standard InChI is InChI=1S/C56H98N2O2/c1-7-8-9-10-11-12-13-14-15-16-17-18-19-20-21-22-23-24-30-50(44-58-40-39-57-45-58)60-42-26-25-41-59-49-35-37-55(5)48(43-49)31-32-51-53-34-33-52(47(4)29-27-28-46(2)3)56(53,6)38-36-54(51)55/h14-15,31,39-40,45-47,49-54H,7-13,16-30,32-38,41-44H2,1-6H3/b15-14-/t47?,49-,50?,51?,52?,53?,54?,55-,56?/m0/s1. The highest BCUT2D eigenvalue weighted by Crippen LogP contribution is 2.67. The first kappa shape index (κ1) is 49.6. The number of ether oxygens (including phenoxy) is 2. The van der Waals surface area contributed by atoms with Gasteiger partial charge >= 0.3 is 0 Å². The molecule has 1 aromatic rings. The molecule has 344 valence electrons. The molecule has 3 fully saturated rings. The van der Waals surface area contributed by atoms with E-state index in [2.05, 4.69) is 75.5 Å². The summed E-state index contributed by atoms with van der Waals surface area (Å²) >= 11 is 0. The molecule has 0 N–H and O–H groups in total. The molecule has 0 bridgehead atoms. The van der Waals surface area contributed by atoms with Crippen LogP contribution in [0.5, 0.6) is 0 Å². The second-order valence-electron chi connectivity index (χ2n) is 21.9. The Morgan fingerprint density at radius 2 is 1.43 bits per heavy atom. The van der Waals surface area contributed by atoms with Crippen LogP contribution in [0.2, 0.25) is 0 Å². The van der Waals surface area contributed by atoms with Crippen molar-refractivity contribution in [3.8, 4) is 0 Å². The lowest BCUT2D eigenvalue weighted by Crippen LogP contribution is -2.51. The Morgan fingerprint density at radius 1 is 0.733 bits per heavy atom. The monoisotopic (exact) mass is 831 g/mol. The number of unbranched alkanes of at least 4 members (excludes halogenated alkanes) is 15. The van der Waals surface area contributed by atoms with E-state index < -0.39 is 0 Å². The topological polar surface area (TPSA) is 36.3 Å².